The van der Waals surface area contributed by atoms with Gasteiger partial charge in [0.05, 0.1) is 4.90 Å². The summed E-state index contributed by atoms with van der Waals surface area (Å²) in [7, 11) is 2.04. The van der Waals surface area contributed by atoms with Crippen molar-refractivity contribution < 1.29 is 32.9 Å². The van der Waals surface area contributed by atoms with Crippen molar-refractivity contribution in [1.29, 1.82) is 0 Å². The van der Waals surface area contributed by atoms with Crippen LogP contribution in [-0.2, 0) is 7.05 Å². The van der Waals surface area contributed by atoms with E-state index >= 15 is 0 Å². The maximum Gasteiger partial charge on any atom is 0.212 e. The van der Waals surface area contributed by atoms with Crippen LogP contribution in [0.3, 0.4) is 0 Å². The lowest BCUT2D eigenvalue weighted by molar-refractivity contribution is -0.646. The van der Waals surface area contributed by atoms with E-state index in [2.05, 4.69) is 29.0 Å². The van der Waals surface area contributed by atoms with Crippen molar-refractivity contribution in [1.82, 2.24) is 0 Å². The first-order valence-electron chi connectivity index (χ1n) is 6.04. The van der Waals surface area contributed by atoms with Gasteiger partial charge in [-0.2, -0.15) is 4.57 Å². The molecule has 0 bridgehead atoms. The predicted octanol–water partition coefficient (Wildman–Crippen LogP) is 0.959. The van der Waals surface area contributed by atoms with E-state index in [9.17, 15) is 4.39 Å². The smallest absolute Gasteiger partial charge is 0.212 e. The molecule has 0 radical (unpaired) electrons. The van der Waals surface area contributed by atoms with E-state index in [1.165, 1.54) is 23.0 Å². The van der Waals surface area contributed by atoms with E-state index in [0.29, 0.717) is 0 Å². The Labute approximate surface area is 138 Å². The normalized spacial score (nSPS) is 10.3. The Morgan fingerprint density at radius 1 is 0.950 bits per heavy atom. The molecule has 0 saturated carbocycles. The number of hydrogen-bond donors (Lipinski definition) is 0. The average molecular weight is 397 g/mol. The number of rotatable bonds is 2. The molecule has 0 spiro atoms. The lowest BCUT2D eigenvalue weighted by Gasteiger charge is -2.02. The zero-order chi connectivity index (χ0) is 13.2. The van der Waals surface area contributed by atoms with Crippen LogP contribution in [0.15, 0.2) is 70.6 Å². The van der Waals surface area contributed by atoms with Gasteiger partial charge in [-0.15, -0.1) is 0 Å². The fourth-order valence-electron chi connectivity index (χ4n) is 2.08. The summed E-state index contributed by atoms with van der Waals surface area (Å²) in [4.78, 5) is 2.18. The molecular formula is C16H13FINS. The van der Waals surface area contributed by atoms with Crippen LogP contribution in [0.2, 0.25) is 0 Å². The first kappa shape index (κ1) is 15.3. The summed E-state index contributed by atoms with van der Waals surface area (Å²) < 4.78 is 15.0. The number of pyridine rings is 1. The van der Waals surface area contributed by atoms with Crippen LogP contribution in [0.25, 0.3) is 10.9 Å². The summed E-state index contributed by atoms with van der Waals surface area (Å²) in [6.45, 7) is 0. The van der Waals surface area contributed by atoms with Gasteiger partial charge in [-0.25, -0.2) is 4.39 Å². The number of fused-ring (bicyclic) bond motifs is 1. The van der Waals surface area contributed by atoms with E-state index in [1.807, 2.05) is 19.2 Å². The van der Waals surface area contributed by atoms with Crippen LogP contribution in [0, 0.1) is 5.82 Å². The van der Waals surface area contributed by atoms with Crippen molar-refractivity contribution in [2.24, 2.45) is 7.05 Å². The van der Waals surface area contributed by atoms with Gasteiger partial charge in [0.2, 0.25) is 5.52 Å². The highest BCUT2D eigenvalue weighted by Gasteiger charge is 2.08. The van der Waals surface area contributed by atoms with Crippen LogP contribution < -0.4 is 28.5 Å². The van der Waals surface area contributed by atoms with E-state index in [-0.39, 0.29) is 29.8 Å². The van der Waals surface area contributed by atoms with E-state index in [1.54, 1.807) is 23.9 Å². The number of para-hydroxylation sites is 1. The molecule has 0 unspecified atom stereocenters. The molecule has 2 aromatic carbocycles. The maximum atomic E-state index is 12.9. The summed E-state index contributed by atoms with van der Waals surface area (Å²) in [5.74, 6) is -0.201. The van der Waals surface area contributed by atoms with Gasteiger partial charge in [0.25, 0.3) is 0 Å². The molecule has 20 heavy (non-hydrogen) atoms. The van der Waals surface area contributed by atoms with Gasteiger partial charge in [-0.05, 0) is 36.4 Å². The summed E-state index contributed by atoms with van der Waals surface area (Å²) in [6, 6.07) is 17.0. The van der Waals surface area contributed by atoms with Crippen LogP contribution in [-0.4, -0.2) is 0 Å². The second kappa shape index (κ2) is 6.54. The molecule has 0 fully saturated rings. The maximum absolute atomic E-state index is 12.9. The SMILES string of the molecule is C[n+]1cc(Sc2ccc(F)cc2)cc2ccccc21.[I-]. The molecule has 3 rings (SSSR count). The minimum atomic E-state index is -0.201. The average Bonchev–Trinajstić information content (AvgIpc) is 2.42. The Morgan fingerprint density at radius 2 is 1.65 bits per heavy atom. The lowest BCUT2D eigenvalue weighted by atomic mass is 10.2. The standard InChI is InChI=1S/C16H13FNS.HI/c1-18-11-15(10-12-4-2-3-5-16(12)18)19-14-8-6-13(17)7-9-14;/h2-11H,1H3;1H/q+1;/p-1. The largest absolute Gasteiger partial charge is 1.00 e. The third-order valence-electron chi connectivity index (χ3n) is 2.98. The van der Waals surface area contributed by atoms with Crippen molar-refractivity contribution in [2.75, 3.05) is 0 Å². The highest BCUT2D eigenvalue weighted by Crippen LogP contribution is 2.28. The minimum Gasteiger partial charge on any atom is -1.00 e. The van der Waals surface area contributed by atoms with Crippen LogP contribution in [0.1, 0.15) is 0 Å². The van der Waals surface area contributed by atoms with E-state index in [4.69, 9.17) is 0 Å². The Bertz CT molecular complexity index is 728. The molecule has 4 heteroatoms. The Balaban J connectivity index is 0.00000147. The van der Waals surface area contributed by atoms with E-state index in [0.717, 1.165) is 9.79 Å². The first-order chi connectivity index (χ1) is 9.22. The van der Waals surface area contributed by atoms with Gasteiger partial charge in [0, 0.05) is 16.3 Å². The van der Waals surface area contributed by atoms with Gasteiger partial charge < -0.3 is 24.0 Å². The third-order valence-corrected chi connectivity index (χ3v) is 3.95. The van der Waals surface area contributed by atoms with E-state index < -0.39 is 0 Å². The third kappa shape index (κ3) is 3.30. The molecule has 0 aliphatic heterocycles. The van der Waals surface area contributed by atoms with Crippen molar-refractivity contribution in [2.45, 2.75) is 9.79 Å². The van der Waals surface area contributed by atoms with Gasteiger partial charge in [0.15, 0.2) is 6.20 Å². The zero-order valence-electron chi connectivity index (χ0n) is 10.9. The quantitative estimate of drug-likeness (QED) is 0.460. The monoisotopic (exact) mass is 397 g/mol. The molecule has 0 aliphatic rings. The molecule has 3 aromatic rings. The van der Waals surface area contributed by atoms with Crippen molar-refractivity contribution >= 4 is 22.7 Å². The number of hydrogen-bond acceptors (Lipinski definition) is 1. The van der Waals surface area contributed by atoms with Gasteiger partial charge in [-0.1, -0.05) is 23.9 Å². The number of aromatic nitrogens is 1. The summed E-state index contributed by atoms with van der Waals surface area (Å²) in [5.41, 5.74) is 1.20. The van der Waals surface area contributed by atoms with Crippen LogP contribution in [0.5, 0.6) is 0 Å². The van der Waals surface area contributed by atoms with Gasteiger partial charge in [-0.3, -0.25) is 0 Å². The second-order valence-electron chi connectivity index (χ2n) is 4.40. The zero-order valence-corrected chi connectivity index (χ0v) is 13.9. The molecule has 102 valence electrons. The first-order valence-corrected chi connectivity index (χ1v) is 6.86. The minimum absolute atomic E-state index is 0. The number of benzene rings is 2. The highest BCUT2D eigenvalue weighted by molar-refractivity contribution is 7.99. The molecular weight excluding hydrogens is 384 g/mol. The van der Waals surface area contributed by atoms with Crippen molar-refractivity contribution in [3.8, 4) is 0 Å². The predicted molar refractivity (Wildman–Crippen MR) is 75.6 cm³/mol. The van der Waals surface area contributed by atoms with Gasteiger partial charge in [0.1, 0.15) is 12.9 Å². The topological polar surface area (TPSA) is 3.88 Å². The van der Waals surface area contributed by atoms with Crippen molar-refractivity contribution in [3.63, 3.8) is 0 Å². The Kier molecular flexibility index (Phi) is 4.99. The number of aryl methyl sites for hydroxylation is 1. The van der Waals surface area contributed by atoms with Crippen LogP contribution >= 0.6 is 11.8 Å². The summed E-state index contributed by atoms with van der Waals surface area (Å²) in [6.07, 6.45) is 2.09. The molecule has 1 aromatic heterocycles. The number of halogens is 2. The number of nitrogens with zero attached hydrogens (tertiary/aromatic N) is 1. The second-order valence-corrected chi connectivity index (χ2v) is 5.55. The molecule has 0 amide bonds. The fourth-order valence-corrected chi connectivity index (χ4v) is 3.02. The molecule has 0 atom stereocenters. The lowest BCUT2D eigenvalue weighted by Crippen LogP contribution is -3.00. The van der Waals surface area contributed by atoms with Crippen LogP contribution in [0.4, 0.5) is 4.39 Å². The molecule has 1 heterocycles. The summed E-state index contributed by atoms with van der Waals surface area (Å²) >= 11 is 1.64. The molecule has 1 nitrogen and oxygen atoms in total. The molecule has 0 N–H and O–H groups in total. The van der Waals surface area contributed by atoms with Crippen molar-refractivity contribution in [3.05, 3.63) is 66.6 Å². The van der Waals surface area contributed by atoms with Gasteiger partial charge >= 0.3 is 0 Å². The molecule has 0 aliphatic carbocycles. The Morgan fingerprint density at radius 3 is 2.40 bits per heavy atom. The fraction of sp³-hybridized carbons (Fsp3) is 0.0625. The highest BCUT2D eigenvalue weighted by atomic mass is 127. The molecule has 0 saturated heterocycles. The Hall–Kier alpha value is -1.14. The summed E-state index contributed by atoms with van der Waals surface area (Å²) in [5, 5.41) is 1.21.